The van der Waals surface area contributed by atoms with E-state index in [0.29, 0.717) is 13.0 Å². The van der Waals surface area contributed by atoms with Crippen molar-refractivity contribution in [2.75, 3.05) is 18.0 Å². The fraction of sp³-hybridized carbons (Fsp3) is 0.562. The molecule has 0 radical (unpaired) electrons. The molecule has 0 aliphatic rings. The summed E-state index contributed by atoms with van der Waals surface area (Å²) < 4.78 is 0. The summed E-state index contributed by atoms with van der Waals surface area (Å²) in [4.78, 5) is 13.9. The van der Waals surface area contributed by atoms with Crippen molar-refractivity contribution in [3.63, 3.8) is 0 Å². The third-order valence-corrected chi connectivity index (χ3v) is 3.19. The number of aliphatic hydroxyl groups excluding tert-OH is 1. The summed E-state index contributed by atoms with van der Waals surface area (Å²) in [6, 6.07) is 7.87. The second-order valence-electron chi connectivity index (χ2n) is 5.22. The lowest BCUT2D eigenvalue weighted by atomic mass is 10.0. The number of anilines is 1. The lowest BCUT2D eigenvalue weighted by Crippen LogP contribution is -2.40. The molecule has 1 aromatic carbocycles. The van der Waals surface area contributed by atoms with Crippen LogP contribution in [0.1, 0.15) is 45.8 Å². The van der Waals surface area contributed by atoms with E-state index in [4.69, 9.17) is 0 Å². The number of carbonyl (C=O) groups excluding carboxylic acids is 1. The Balaban J connectivity index is 2.92. The molecule has 0 fully saturated rings. The Labute approximate surface area is 121 Å². The number of nitrogens with one attached hydrogen (secondary N) is 1. The number of carbonyl (C=O) groups is 1. The molecule has 0 aliphatic carbocycles. The molecule has 112 valence electrons. The number of nitrogens with zero attached hydrogens (tertiary/aromatic N) is 1. The molecule has 20 heavy (non-hydrogen) atoms. The average molecular weight is 278 g/mol. The van der Waals surface area contributed by atoms with Crippen LogP contribution in [-0.2, 0) is 4.79 Å². The van der Waals surface area contributed by atoms with Crippen LogP contribution in [0.4, 0.5) is 5.69 Å². The van der Waals surface area contributed by atoms with Crippen molar-refractivity contribution in [3.05, 3.63) is 29.8 Å². The van der Waals surface area contributed by atoms with Gasteiger partial charge in [-0.25, -0.2) is 0 Å². The fourth-order valence-corrected chi connectivity index (χ4v) is 2.19. The number of hydrogen-bond donors (Lipinski definition) is 2. The minimum atomic E-state index is -0.492. The van der Waals surface area contributed by atoms with Crippen molar-refractivity contribution < 1.29 is 9.90 Å². The monoisotopic (exact) mass is 278 g/mol. The number of amides is 1. The van der Waals surface area contributed by atoms with Gasteiger partial charge in [-0.2, -0.15) is 0 Å². The van der Waals surface area contributed by atoms with Crippen LogP contribution >= 0.6 is 0 Å². The number of para-hydroxylation sites is 1. The number of likely N-dealkylation sites (N-methyl/N-ethyl adjacent to an activating group) is 1. The highest BCUT2D eigenvalue weighted by Gasteiger charge is 2.17. The van der Waals surface area contributed by atoms with Gasteiger partial charge < -0.3 is 15.3 Å². The van der Waals surface area contributed by atoms with Crippen molar-refractivity contribution in [3.8, 4) is 0 Å². The highest BCUT2D eigenvalue weighted by Crippen LogP contribution is 2.27. The van der Waals surface area contributed by atoms with Gasteiger partial charge in [0.05, 0.1) is 12.6 Å². The van der Waals surface area contributed by atoms with Gasteiger partial charge in [-0.05, 0) is 33.3 Å². The van der Waals surface area contributed by atoms with Crippen molar-refractivity contribution in [2.24, 2.45) is 0 Å². The Morgan fingerprint density at radius 2 is 1.95 bits per heavy atom. The van der Waals surface area contributed by atoms with E-state index in [1.165, 1.54) is 0 Å². The number of benzene rings is 1. The Bertz CT molecular complexity index is 432. The molecule has 0 saturated heterocycles. The lowest BCUT2D eigenvalue weighted by Gasteiger charge is -2.27. The summed E-state index contributed by atoms with van der Waals surface area (Å²) >= 11 is 0. The molecular weight excluding hydrogens is 252 g/mol. The molecular formula is C16H26N2O2. The number of hydrogen-bond acceptors (Lipinski definition) is 3. The summed E-state index contributed by atoms with van der Waals surface area (Å²) in [5, 5.41) is 13.0. The maximum absolute atomic E-state index is 11.9. The quantitative estimate of drug-likeness (QED) is 0.805. The van der Waals surface area contributed by atoms with Crippen molar-refractivity contribution in [1.29, 1.82) is 0 Å². The zero-order chi connectivity index (χ0) is 15.1. The van der Waals surface area contributed by atoms with Crippen molar-refractivity contribution in [1.82, 2.24) is 5.32 Å². The fourth-order valence-electron chi connectivity index (χ4n) is 2.19. The summed E-state index contributed by atoms with van der Waals surface area (Å²) in [5.74, 6) is 0.00245. The summed E-state index contributed by atoms with van der Waals surface area (Å²) in [7, 11) is 0. The first-order valence-corrected chi connectivity index (χ1v) is 7.30. The van der Waals surface area contributed by atoms with E-state index in [0.717, 1.165) is 17.8 Å². The first-order valence-electron chi connectivity index (χ1n) is 7.30. The molecule has 4 heteroatoms. The van der Waals surface area contributed by atoms with E-state index in [-0.39, 0.29) is 11.9 Å². The Morgan fingerprint density at radius 3 is 2.50 bits per heavy atom. The van der Waals surface area contributed by atoms with Crippen LogP contribution in [0.15, 0.2) is 24.3 Å². The molecule has 0 aromatic heterocycles. The highest BCUT2D eigenvalue weighted by molar-refractivity contribution is 5.81. The van der Waals surface area contributed by atoms with E-state index >= 15 is 0 Å². The Morgan fingerprint density at radius 1 is 1.30 bits per heavy atom. The molecule has 0 unspecified atom stereocenters. The maximum Gasteiger partial charge on any atom is 0.239 e. The SMILES string of the molecule is CC[C@H](O)c1ccccc1N(CC)CC(=O)NC(C)C. The molecule has 0 aliphatic heterocycles. The number of rotatable bonds is 7. The van der Waals surface area contributed by atoms with Gasteiger partial charge in [0.2, 0.25) is 5.91 Å². The van der Waals surface area contributed by atoms with Crippen molar-refractivity contribution >= 4 is 11.6 Å². The van der Waals surface area contributed by atoms with Crippen LogP contribution in [0.25, 0.3) is 0 Å². The summed E-state index contributed by atoms with van der Waals surface area (Å²) in [5.41, 5.74) is 1.82. The zero-order valence-corrected chi connectivity index (χ0v) is 12.9. The summed E-state index contributed by atoms with van der Waals surface area (Å²) in [6.45, 7) is 8.88. The molecule has 1 amide bonds. The largest absolute Gasteiger partial charge is 0.388 e. The minimum absolute atomic E-state index is 0.00245. The smallest absolute Gasteiger partial charge is 0.239 e. The van der Waals surface area contributed by atoms with E-state index in [1.807, 2.05) is 56.9 Å². The van der Waals surface area contributed by atoms with E-state index in [9.17, 15) is 9.90 Å². The summed E-state index contributed by atoms with van der Waals surface area (Å²) in [6.07, 6.45) is 0.167. The highest BCUT2D eigenvalue weighted by atomic mass is 16.3. The van der Waals surface area contributed by atoms with E-state index in [1.54, 1.807) is 0 Å². The van der Waals surface area contributed by atoms with Gasteiger partial charge in [0, 0.05) is 23.8 Å². The second-order valence-corrected chi connectivity index (χ2v) is 5.22. The van der Waals surface area contributed by atoms with Crippen LogP contribution in [-0.4, -0.2) is 30.1 Å². The standard InChI is InChI=1S/C16H26N2O2/c1-5-15(19)13-9-7-8-10-14(13)18(6-2)11-16(20)17-12(3)4/h7-10,12,15,19H,5-6,11H2,1-4H3,(H,17,20)/t15-/m0/s1. The van der Waals surface area contributed by atoms with Gasteiger partial charge in [0.1, 0.15) is 0 Å². The third kappa shape index (κ3) is 4.53. The van der Waals surface area contributed by atoms with Gasteiger partial charge >= 0.3 is 0 Å². The van der Waals surface area contributed by atoms with Crippen LogP contribution in [0, 0.1) is 0 Å². The van der Waals surface area contributed by atoms with Crippen LogP contribution in [0.3, 0.4) is 0 Å². The first-order chi connectivity index (χ1) is 9.49. The molecule has 0 heterocycles. The molecule has 2 N–H and O–H groups in total. The molecule has 0 saturated carbocycles. The molecule has 1 aromatic rings. The maximum atomic E-state index is 11.9. The average Bonchev–Trinajstić information content (AvgIpc) is 2.43. The van der Waals surface area contributed by atoms with Gasteiger partial charge in [-0.1, -0.05) is 25.1 Å². The first kappa shape index (κ1) is 16.5. The molecule has 0 bridgehead atoms. The molecule has 1 atom stereocenters. The van der Waals surface area contributed by atoms with Gasteiger partial charge in [-0.15, -0.1) is 0 Å². The lowest BCUT2D eigenvalue weighted by molar-refractivity contribution is -0.120. The second kappa shape index (κ2) is 7.90. The van der Waals surface area contributed by atoms with E-state index in [2.05, 4.69) is 5.32 Å². The minimum Gasteiger partial charge on any atom is -0.388 e. The molecule has 4 nitrogen and oxygen atoms in total. The predicted octanol–water partition coefficient (Wildman–Crippen LogP) is 2.48. The van der Waals surface area contributed by atoms with Gasteiger partial charge in [-0.3, -0.25) is 4.79 Å². The van der Waals surface area contributed by atoms with E-state index < -0.39 is 6.10 Å². The Kier molecular flexibility index (Phi) is 6.52. The van der Waals surface area contributed by atoms with Gasteiger partial charge in [0.25, 0.3) is 0 Å². The zero-order valence-electron chi connectivity index (χ0n) is 12.9. The normalized spacial score (nSPS) is 12.3. The van der Waals surface area contributed by atoms with Gasteiger partial charge in [0.15, 0.2) is 0 Å². The van der Waals surface area contributed by atoms with Crippen molar-refractivity contribution in [2.45, 2.75) is 46.3 Å². The topological polar surface area (TPSA) is 52.6 Å². The molecule has 1 rings (SSSR count). The van der Waals surface area contributed by atoms with Crippen LogP contribution in [0.2, 0.25) is 0 Å². The molecule has 0 spiro atoms. The third-order valence-electron chi connectivity index (χ3n) is 3.19. The predicted molar refractivity (Wildman–Crippen MR) is 82.9 cm³/mol. The Hall–Kier alpha value is -1.55. The van der Waals surface area contributed by atoms with Crippen LogP contribution < -0.4 is 10.2 Å². The van der Waals surface area contributed by atoms with Crippen LogP contribution in [0.5, 0.6) is 0 Å². The number of aliphatic hydroxyl groups is 1.